The van der Waals surface area contributed by atoms with Crippen molar-refractivity contribution in [3.63, 3.8) is 0 Å². The highest BCUT2D eigenvalue weighted by molar-refractivity contribution is 6.66. The highest BCUT2D eigenvalue weighted by Crippen LogP contribution is 2.17. The fourth-order valence-corrected chi connectivity index (χ4v) is 3.08. The zero-order valence-electron chi connectivity index (χ0n) is 18.2. The Morgan fingerprint density at radius 3 is 2.10 bits per heavy atom. The van der Waals surface area contributed by atoms with Gasteiger partial charge in [0, 0.05) is 11.1 Å². The van der Waals surface area contributed by atoms with Crippen LogP contribution < -0.4 is 4.74 Å². The summed E-state index contributed by atoms with van der Waals surface area (Å²) >= 11 is 5.30. The molecule has 2 nitrogen and oxygen atoms in total. The molecule has 1 atom stereocenters. The predicted molar refractivity (Wildman–Crippen MR) is 127 cm³/mol. The molecule has 0 heterocycles. The molecule has 0 fully saturated rings. The van der Waals surface area contributed by atoms with Gasteiger partial charge in [-0.3, -0.25) is 4.79 Å². The molecule has 1 unspecified atom stereocenters. The minimum Gasteiger partial charge on any atom is -0.494 e. The Balaban J connectivity index is 1.79. The van der Waals surface area contributed by atoms with E-state index in [1.165, 1.54) is 25.3 Å². The number of carbonyl (C=O) groups is 1. The molecule has 0 aliphatic carbocycles. The number of carbonyl (C=O) groups excluding carboxylic acids is 1. The first-order chi connectivity index (χ1) is 14.4. The van der Waals surface area contributed by atoms with Gasteiger partial charge in [0.2, 0.25) is 5.24 Å². The average Bonchev–Trinajstić information content (AvgIpc) is 2.72. The van der Waals surface area contributed by atoms with Crippen LogP contribution in [0.15, 0.2) is 54.6 Å². The molecule has 0 radical (unpaired) electrons. The molecule has 0 N–H and O–H groups in total. The van der Waals surface area contributed by atoms with E-state index in [9.17, 15) is 4.79 Å². The number of hydrogen-bond donors (Lipinski definition) is 0. The summed E-state index contributed by atoms with van der Waals surface area (Å²) in [4.78, 5) is 10.8. The normalized spacial score (nSPS) is 11.9. The maximum atomic E-state index is 10.8. The van der Waals surface area contributed by atoms with Crippen molar-refractivity contribution >= 4 is 22.9 Å². The number of benzene rings is 2. The Morgan fingerprint density at radius 1 is 0.933 bits per heavy atom. The highest BCUT2D eigenvalue weighted by Gasteiger charge is 2.04. The lowest BCUT2D eigenvalue weighted by molar-refractivity contribution is -0.107. The molecule has 2 aromatic rings. The van der Waals surface area contributed by atoms with Gasteiger partial charge < -0.3 is 4.74 Å². The van der Waals surface area contributed by atoms with Gasteiger partial charge in [-0.1, -0.05) is 70.1 Å². The summed E-state index contributed by atoms with van der Waals surface area (Å²) < 4.78 is 5.89. The van der Waals surface area contributed by atoms with Crippen molar-refractivity contribution in [2.75, 3.05) is 6.61 Å². The van der Waals surface area contributed by atoms with Crippen LogP contribution in [0.1, 0.15) is 63.1 Å². The van der Waals surface area contributed by atoms with Crippen LogP contribution in [0.3, 0.4) is 0 Å². The second-order valence-corrected chi connectivity index (χ2v) is 8.47. The van der Waals surface area contributed by atoms with Crippen LogP contribution in [0.2, 0.25) is 0 Å². The van der Waals surface area contributed by atoms with Crippen molar-refractivity contribution in [3.8, 4) is 17.6 Å². The van der Waals surface area contributed by atoms with Crippen molar-refractivity contribution in [1.29, 1.82) is 0 Å². The molecule has 0 aliphatic heterocycles. The molecule has 0 spiro atoms. The van der Waals surface area contributed by atoms with E-state index in [0.717, 1.165) is 41.4 Å². The Hall–Kier alpha value is -2.50. The van der Waals surface area contributed by atoms with Crippen LogP contribution in [-0.2, 0) is 4.79 Å². The van der Waals surface area contributed by atoms with Gasteiger partial charge >= 0.3 is 0 Å². The third kappa shape index (κ3) is 9.81. The fraction of sp³-hybridized carbons (Fsp3) is 0.370. The van der Waals surface area contributed by atoms with Gasteiger partial charge in [0.25, 0.3) is 0 Å². The number of rotatable bonds is 10. The minimum atomic E-state index is -0.484. The van der Waals surface area contributed by atoms with Crippen LogP contribution in [0.5, 0.6) is 5.75 Å². The maximum Gasteiger partial charge on any atom is 0.245 e. The fourth-order valence-electron chi connectivity index (χ4n) is 3.01. The van der Waals surface area contributed by atoms with Gasteiger partial charge in [-0.2, -0.15) is 0 Å². The quantitative estimate of drug-likeness (QED) is 0.232. The van der Waals surface area contributed by atoms with E-state index in [4.69, 9.17) is 16.3 Å². The third-order valence-electron chi connectivity index (χ3n) is 4.88. The summed E-state index contributed by atoms with van der Waals surface area (Å²) in [6.07, 6.45) is 7.99. The number of ether oxygens (including phenoxy) is 1. The first kappa shape index (κ1) is 23.8. The molecule has 0 amide bonds. The summed E-state index contributed by atoms with van der Waals surface area (Å²) in [5.74, 6) is 8.70. The molecule has 3 heteroatoms. The van der Waals surface area contributed by atoms with E-state index in [-0.39, 0.29) is 0 Å². The Morgan fingerprint density at radius 2 is 1.53 bits per heavy atom. The van der Waals surface area contributed by atoms with E-state index < -0.39 is 5.24 Å². The average molecular weight is 423 g/mol. The van der Waals surface area contributed by atoms with E-state index >= 15 is 0 Å². The maximum absolute atomic E-state index is 10.8. The lowest BCUT2D eigenvalue weighted by Gasteiger charge is -2.13. The number of allylic oxidation sites excluding steroid dienone is 1. The van der Waals surface area contributed by atoms with Crippen LogP contribution in [0, 0.1) is 23.7 Å². The van der Waals surface area contributed by atoms with Gasteiger partial charge in [0.05, 0.1) is 6.61 Å². The van der Waals surface area contributed by atoms with Crippen LogP contribution in [-0.4, -0.2) is 11.8 Å². The summed E-state index contributed by atoms with van der Waals surface area (Å²) in [5.41, 5.74) is 2.77. The lowest BCUT2D eigenvalue weighted by Crippen LogP contribution is -2.04. The summed E-state index contributed by atoms with van der Waals surface area (Å²) in [6.45, 7) is 7.63. The van der Waals surface area contributed by atoms with E-state index in [1.54, 1.807) is 6.08 Å². The summed E-state index contributed by atoms with van der Waals surface area (Å²) in [5, 5.41) is -0.484. The molecule has 158 valence electrons. The molecule has 0 aliphatic rings. The molecular weight excluding hydrogens is 392 g/mol. The highest BCUT2D eigenvalue weighted by atomic mass is 35.5. The zero-order chi connectivity index (χ0) is 21.8. The van der Waals surface area contributed by atoms with Gasteiger partial charge in [0.1, 0.15) is 5.75 Å². The first-order valence-corrected chi connectivity index (χ1v) is 11.0. The standard InChI is InChI=1S/C27H31ClO2/c1-21(2)5-4-6-22(3)19-20-30-26-16-13-25(14-17-26)12-9-23-7-10-24(11-8-23)15-18-27(28)29/h7-8,10-11,13-18,21-22H,4-6,19-20H2,1-3H3. The molecular formula is C27H31ClO2. The monoisotopic (exact) mass is 422 g/mol. The van der Waals surface area contributed by atoms with Gasteiger partial charge in [-0.05, 0) is 77.9 Å². The molecule has 0 aromatic heterocycles. The van der Waals surface area contributed by atoms with E-state index in [0.29, 0.717) is 5.92 Å². The number of halogens is 1. The summed E-state index contributed by atoms with van der Waals surface area (Å²) in [7, 11) is 0. The molecule has 2 rings (SSSR count). The molecule has 0 saturated heterocycles. The Bertz CT molecular complexity index is 868. The molecule has 30 heavy (non-hydrogen) atoms. The predicted octanol–water partition coefficient (Wildman–Crippen LogP) is 7.10. The third-order valence-corrected chi connectivity index (χ3v) is 5.01. The topological polar surface area (TPSA) is 26.3 Å². The SMILES string of the molecule is CC(C)CCCC(C)CCOc1ccc(C#Cc2ccc(C=CC(=O)Cl)cc2)cc1. The van der Waals surface area contributed by atoms with Crippen LogP contribution >= 0.6 is 11.6 Å². The Kier molecular flexibility index (Phi) is 10.3. The van der Waals surface area contributed by atoms with Crippen LogP contribution in [0.25, 0.3) is 6.08 Å². The lowest BCUT2D eigenvalue weighted by atomic mass is 9.98. The second kappa shape index (κ2) is 12.9. The van der Waals surface area contributed by atoms with Crippen molar-refractivity contribution < 1.29 is 9.53 Å². The van der Waals surface area contributed by atoms with Crippen molar-refractivity contribution in [3.05, 3.63) is 71.3 Å². The smallest absolute Gasteiger partial charge is 0.245 e. The minimum absolute atomic E-state index is 0.484. The van der Waals surface area contributed by atoms with Gasteiger partial charge in [-0.15, -0.1) is 0 Å². The van der Waals surface area contributed by atoms with Crippen molar-refractivity contribution in [1.82, 2.24) is 0 Å². The van der Waals surface area contributed by atoms with Crippen molar-refractivity contribution in [2.45, 2.75) is 46.5 Å². The molecule has 0 bridgehead atoms. The van der Waals surface area contributed by atoms with Crippen LogP contribution in [0.4, 0.5) is 0 Å². The zero-order valence-corrected chi connectivity index (χ0v) is 18.9. The molecule has 0 saturated carbocycles. The largest absolute Gasteiger partial charge is 0.494 e. The Labute approximate surface area is 186 Å². The van der Waals surface area contributed by atoms with E-state index in [1.807, 2.05) is 48.5 Å². The molecule has 2 aromatic carbocycles. The summed E-state index contributed by atoms with van der Waals surface area (Å²) in [6, 6.07) is 15.6. The van der Waals surface area contributed by atoms with E-state index in [2.05, 4.69) is 32.6 Å². The van der Waals surface area contributed by atoms with Gasteiger partial charge in [0.15, 0.2) is 0 Å². The van der Waals surface area contributed by atoms with Crippen molar-refractivity contribution in [2.24, 2.45) is 11.8 Å². The second-order valence-electron chi connectivity index (χ2n) is 8.10. The first-order valence-electron chi connectivity index (χ1n) is 10.6. The van der Waals surface area contributed by atoms with Gasteiger partial charge in [-0.25, -0.2) is 0 Å². The number of hydrogen-bond acceptors (Lipinski definition) is 2.